The van der Waals surface area contributed by atoms with Crippen LogP contribution in [-0.4, -0.2) is 13.7 Å². The number of aryl methyl sites for hydroxylation is 1. The summed E-state index contributed by atoms with van der Waals surface area (Å²) in [6, 6.07) is 14.5. The fourth-order valence-corrected chi connectivity index (χ4v) is 2.30. The highest BCUT2D eigenvalue weighted by Gasteiger charge is 2.15. The summed E-state index contributed by atoms with van der Waals surface area (Å²) in [5, 5.41) is 0. The fraction of sp³-hybridized carbons (Fsp3) is 0.176. The quantitative estimate of drug-likeness (QED) is 0.808. The first-order chi connectivity index (χ1) is 9.28. The van der Waals surface area contributed by atoms with Gasteiger partial charge in [0, 0.05) is 11.6 Å². The van der Waals surface area contributed by atoms with Crippen LogP contribution < -0.4 is 9.47 Å². The van der Waals surface area contributed by atoms with E-state index in [1.54, 1.807) is 7.11 Å². The number of hydrogen-bond donors (Lipinski definition) is 0. The van der Waals surface area contributed by atoms with Crippen molar-refractivity contribution in [3.8, 4) is 11.5 Å². The maximum Gasteiger partial charge on any atom is 0.131 e. The molecule has 2 aromatic carbocycles. The van der Waals surface area contributed by atoms with Crippen LogP contribution in [0, 0.1) is 6.92 Å². The predicted molar refractivity (Wildman–Crippen MR) is 76.7 cm³/mol. The molecule has 2 heteroatoms. The van der Waals surface area contributed by atoms with E-state index < -0.39 is 0 Å². The molecule has 0 spiro atoms. The van der Waals surface area contributed by atoms with Crippen molar-refractivity contribution in [1.29, 1.82) is 0 Å². The van der Waals surface area contributed by atoms with E-state index in [0.717, 1.165) is 17.1 Å². The lowest BCUT2D eigenvalue weighted by atomic mass is 9.95. The molecule has 0 bridgehead atoms. The molecule has 0 unspecified atom stereocenters. The third kappa shape index (κ3) is 2.22. The lowest BCUT2D eigenvalue weighted by Crippen LogP contribution is -2.05. The molecule has 19 heavy (non-hydrogen) atoms. The van der Waals surface area contributed by atoms with Crippen molar-refractivity contribution in [2.75, 3.05) is 13.7 Å². The van der Waals surface area contributed by atoms with Gasteiger partial charge >= 0.3 is 0 Å². The molecule has 0 radical (unpaired) electrons. The van der Waals surface area contributed by atoms with Gasteiger partial charge in [0.1, 0.15) is 18.1 Å². The number of fused-ring (bicyclic) bond motifs is 1. The average Bonchev–Trinajstić information content (AvgIpc) is 2.47. The van der Waals surface area contributed by atoms with Gasteiger partial charge in [0.2, 0.25) is 0 Å². The lowest BCUT2D eigenvalue weighted by molar-refractivity contribution is 0.352. The molecular formula is C17H16O2. The van der Waals surface area contributed by atoms with Crippen LogP contribution in [0.5, 0.6) is 11.5 Å². The molecule has 1 aliphatic heterocycles. The summed E-state index contributed by atoms with van der Waals surface area (Å²) in [4.78, 5) is 0. The second-order valence-electron chi connectivity index (χ2n) is 4.66. The summed E-state index contributed by atoms with van der Waals surface area (Å²) < 4.78 is 10.9. The van der Waals surface area contributed by atoms with Gasteiger partial charge in [-0.25, -0.2) is 0 Å². The molecule has 0 saturated heterocycles. The fourth-order valence-electron chi connectivity index (χ4n) is 2.30. The predicted octanol–water partition coefficient (Wildman–Crippen LogP) is 3.83. The molecule has 3 rings (SSSR count). The molecule has 0 aliphatic carbocycles. The van der Waals surface area contributed by atoms with Crippen LogP contribution in [0.2, 0.25) is 0 Å². The van der Waals surface area contributed by atoms with E-state index >= 15 is 0 Å². The molecule has 0 atom stereocenters. The van der Waals surface area contributed by atoms with Crippen LogP contribution in [0.15, 0.2) is 48.5 Å². The molecule has 0 saturated carbocycles. The van der Waals surface area contributed by atoms with Crippen molar-refractivity contribution in [2.45, 2.75) is 6.92 Å². The Labute approximate surface area is 113 Å². The Kier molecular flexibility index (Phi) is 3.00. The van der Waals surface area contributed by atoms with Gasteiger partial charge in [-0.2, -0.15) is 0 Å². The number of methoxy groups -OCH3 is 1. The first-order valence-electron chi connectivity index (χ1n) is 6.36. The van der Waals surface area contributed by atoms with Gasteiger partial charge in [-0.15, -0.1) is 0 Å². The van der Waals surface area contributed by atoms with E-state index in [1.165, 1.54) is 16.7 Å². The standard InChI is InChI=1S/C17H16O2/c1-12-3-5-13(6-4-12)15-9-10-19-17-11-14(18-2)7-8-16(15)17/h3-9,11H,10H2,1-2H3. The van der Waals surface area contributed by atoms with Gasteiger partial charge in [-0.3, -0.25) is 0 Å². The summed E-state index contributed by atoms with van der Waals surface area (Å²) in [5.74, 6) is 1.71. The van der Waals surface area contributed by atoms with Gasteiger partial charge in [-0.05, 0) is 36.3 Å². The van der Waals surface area contributed by atoms with Crippen molar-refractivity contribution in [3.05, 3.63) is 65.2 Å². The Morgan fingerprint density at radius 2 is 1.84 bits per heavy atom. The largest absolute Gasteiger partial charge is 0.497 e. The third-order valence-electron chi connectivity index (χ3n) is 3.37. The van der Waals surface area contributed by atoms with Crippen LogP contribution in [0.4, 0.5) is 0 Å². The van der Waals surface area contributed by atoms with E-state index in [1.807, 2.05) is 12.1 Å². The SMILES string of the molecule is COc1ccc2c(c1)OCC=C2c1ccc(C)cc1. The lowest BCUT2D eigenvalue weighted by Gasteiger charge is -2.19. The molecule has 2 aromatic rings. The van der Waals surface area contributed by atoms with Crippen molar-refractivity contribution >= 4 is 5.57 Å². The number of rotatable bonds is 2. The van der Waals surface area contributed by atoms with E-state index in [0.29, 0.717) is 6.61 Å². The zero-order valence-electron chi connectivity index (χ0n) is 11.1. The summed E-state index contributed by atoms with van der Waals surface area (Å²) in [7, 11) is 1.67. The zero-order chi connectivity index (χ0) is 13.2. The summed E-state index contributed by atoms with van der Waals surface area (Å²) in [5.41, 5.74) is 4.84. The number of hydrogen-bond acceptors (Lipinski definition) is 2. The number of benzene rings is 2. The topological polar surface area (TPSA) is 18.5 Å². The number of ether oxygens (including phenoxy) is 2. The monoisotopic (exact) mass is 252 g/mol. The van der Waals surface area contributed by atoms with Crippen LogP contribution >= 0.6 is 0 Å². The Morgan fingerprint density at radius 3 is 2.58 bits per heavy atom. The average molecular weight is 252 g/mol. The maximum atomic E-state index is 5.69. The van der Waals surface area contributed by atoms with Crippen molar-refractivity contribution in [3.63, 3.8) is 0 Å². The zero-order valence-corrected chi connectivity index (χ0v) is 11.1. The summed E-state index contributed by atoms with van der Waals surface area (Å²) >= 11 is 0. The van der Waals surface area contributed by atoms with Crippen molar-refractivity contribution in [1.82, 2.24) is 0 Å². The highest BCUT2D eigenvalue weighted by molar-refractivity contribution is 5.84. The third-order valence-corrected chi connectivity index (χ3v) is 3.37. The Hall–Kier alpha value is -2.22. The minimum atomic E-state index is 0.601. The molecule has 0 aromatic heterocycles. The van der Waals surface area contributed by atoms with E-state index in [4.69, 9.17) is 9.47 Å². The van der Waals surface area contributed by atoms with Gasteiger partial charge in [-0.1, -0.05) is 29.8 Å². The molecule has 96 valence electrons. The van der Waals surface area contributed by atoms with Gasteiger partial charge < -0.3 is 9.47 Å². The van der Waals surface area contributed by atoms with E-state index in [-0.39, 0.29) is 0 Å². The summed E-state index contributed by atoms with van der Waals surface area (Å²) in [6.45, 7) is 2.70. The van der Waals surface area contributed by atoms with Crippen molar-refractivity contribution in [2.24, 2.45) is 0 Å². The van der Waals surface area contributed by atoms with Crippen LogP contribution in [0.25, 0.3) is 5.57 Å². The molecule has 0 N–H and O–H groups in total. The van der Waals surface area contributed by atoms with Gasteiger partial charge in [0.15, 0.2) is 0 Å². The molecule has 1 heterocycles. The van der Waals surface area contributed by atoms with Crippen molar-refractivity contribution < 1.29 is 9.47 Å². The molecule has 2 nitrogen and oxygen atoms in total. The molecule has 0 fully saturated rings. The van der Waals surface area contributed by atoms with E-state index in [9.17, 15) is 0 Å². The Bertz CT molecular complexity index is 624. The second-order valence-corrected chi connectivity index (χ2v) is 4.66. The molecule has 1 aliphatic rings. The molecule has 0 amide bonds. The highest BCUT2D eigenvalue weighted by Crippen LogP contribution is 2.36. The van der Waals surface area contributed by atoms with Gasteiger partial charge in [0.25, 0.3) is 0 Å². The van der Waals surface area contributed by atoms with Gasteiger partial charge in [0.05, 0.1) is 7.11 Å². The van der Waals surface area contributed by atoms with E-state index in [2.05, 4.69) is 43.3 Å². The highest BCUT2D eigenvalue weighted by atomic mass is 16.5. The van der Waals surface area contributed by atoms with Crippen LogP contribution in [-0.2, 0) is 0 Å². The Morgan fingerprint density at radius 1 is 1.05 bits per heavy atom. The maximum absolute atomic E-state index is 5.69. The molecular weight excluding hydrogens is 236 g/mol. The smallest absolute Gasteiger partial charge is 0.131 e. The minimum Gasteiger partial charge on any atom is -0.497 e. The van der Waals surface area contributed by atoms with Crippen LogP contribution in [0.3, 0.4) is 0 Å². The first-order valence-corrected chi connectivity index (χ1v) is 6.36. The Balaban J connectivity index is 2.05. The minimum absolute atomic E-state index is 0.601. The summed E-state index contributed by atoms with van der Waals surface area (Å²) in [6.07, 6.45) is 2.12. The first kappa shape index (κ1) is 11.8. The second kappa shape index (κ2) is 4.81. The normalized spacial score (nSPS) is 13.3. The van der Waals surface area contributed by atoms with Crippen LogP contribution in [0.1, 0.15) is 16.7 Å².